The molecule has 0 bridgehead atoms. The maximum atomic E-state index is 12.7. The Hall–Kier alpha value is -0.510. The Morgan fingerprint density at radius 3 is 2.65 bits per heavy atom. The first-order chi connectivity index (χ1) is 9.39. The molecule has 1 saturated heterocycles. The van der Waals surface area contributed by atoms with Crippen LogP contribution in [0.3, 0.4) is 0 Å². The number of fused-ring (bicyclic) bond motifs is 1. The predicted molar refractivity (Wildman–Crippen MR) is 76.3 cm³/mol. The molecule has 9 heteroatoms. The van der Waals surface area contributed by atoms with Gasteiger partial charge in [-0.2, -0.15) is 4.31 Å². The fourth-order valence-corrected chi connectivity index (χ4v) is 5.93. The summed E-state index contributed by atoms with van der Waals surface area (Å²) < 4.78 is 28.6. The van der Waals surface area contributed by atoms with E-state index in [9.17, 15) is 8.42 Å². The smallest absolute Gasteiger partial charge is 0.263 e. The van der Waals surface area contributed by atoms with E-state index in [-0.39, 0.29) is 15.7 Å². The molecule has 7 nitrogen and oxygen atoms in total. The van der Waals surface area contributed by atoms with Gasteiger partial charge in [0.15, 0.2) is 4.60 Å². The van der Waals surface area contributed by atoms with Crippen LogP contribution in [0.2, 0.25) is 0 Å². The highest BCUT2D eigenvalue weighted by molar-refractivity contribution is 9.10. The summed E-state index contributed by atoms with van der Waals surface area (Å²) in [6.45, 7) is 1.13. The fraction of sp³-hybridized carbons (Fsp3) is 0.818. The minimum Gasteiger partial charge on any atom is -0.328 e. The van der Waals surface area contributed by atoms with Crippen molar-refractivity contribution in [3.8, 4) is 0 Å². The van der Waals surface area contributed by atoms with Gasteiger partial charge in [0.1, 0.15) is 0 Å². The molecule has 2 aliphatic rings. The van der Waals surface area contributed by atoms with E-state index < -0.39 is 10.0 Å². The molecule has 1 aromatic heterocycles. The van der Waals surface area contributed by atoms with Gasteiger partial charge in [0, 0.05) is 26.2 Å². The van der Waals surface area contributed by atoms with Crippen molar-refractivity contribution in [1.29, 1.82) is 0 Å². The lowest BCUT2D eigenvalue weighted by molar-refractivity contribution is 0.271. The number of hydrogen-bond acceptors (Lipinski definition) is 5. The normalized spacial score (nSPS) is 31.4. The van der Waals surface area contributed by atoms with E-state index in [2.05, 4.69) is 26.2 Å². The highest BCUT2D eigenvalue weighted by Gasteiger charge is 2.43. The van der Waals surface area contributed by atoms with E-state index in [1.165, 1.54) is 4.68 Å². The average molecular weight is 364 g/mol. The molecule has 2 heterocycles. The Morgan fingerprint density at radius 1 is 1.30 bits per heavy atom. The molecule has 0 spiro atoms. The second-order valence-electron chi connectivity index (χ2n) is 5.72. The summed E-state index contributed by atoms with van der Waals surface area (Å²) in [7, 11) is -1.96. The third-order valence-electron chi connectivity index (χ3n) is 4.38. The number of rotatable bonds is 2. The third-order valence-corrected chi connectivity index (χ3v) is 7.10. The molecule has 2 N–H and O–H groups in total. The highest BCUT2D eigenvalue weighted by Crippen LogP contribution is 2.38. The monoisotopic (exact) mass is 363 g/mol. The van der Waals surface area contributed by atoms with E-state index in [0.29, 0.717) is 24.9 Å². The van der Waals surface area contributed by atoms with E-state index in [4.69, 9.17) is 5.73 Å². The molecule has 1 aliphatic heterocycles. The lowest BCUT2D eigenvalue weighted by Crippen LogP contribution is -2.32. The van der Waals surface area contributed by atoms with Crippen molar-refractivity contribution in [2.45, 2.75) is 30.3 Å². The van der Waals surface area contributed by atoms with Crippen molar-refractivity contribution >= 4 is 26.0 Å². The maximum Gasteiger partial charge on any atom is 0.263 e. The van der Waals surface area contributed by atoms with E-state index in [1.54, 1.807) is 11.4 Å². The average Bonchev–Trinajstić information content (AvgIpc) is 2.93. The van der Waals surface area contributed by atoms with Gasteiger partial charge in [-0.1, -0.05) is 5.21 Å². The van der Waals surface area contributed by atoms with Gasteiger partial charge in [0.05, 0.1) is 0 Å². The number of aromatic nitrogens is 3. The Kier molecular flexibility index (Phi) is 3.64. The Balaban J connectivity index is 1.87. The number of aryl methyl sites for hydroxylation is 1. The summed E-state index contributed by atoms with van der Waals surface area (Å²) in [6.07, 6.45) is 2.93. The number of hydrogen-bond donors (Lipinski definition) is 1. The molecule has 1 saturated carbocycles. The van der Waals surface area contributed by atoms with Gasteiger partial charge < -0.3 is 5.73 Å². The molecule has 112 valence electrons. The zero-order valence-corrected chi connectivity index (χ0v) is 13.6. The van der Waals surface area contributed by atoms with Crippen LogP contribution in [0.4, 0.5) is 0 Å². The summed E-state index contributed by atoms with van der Waals surface area (Å²) >= 11 is 3.17. The molecule has 1 aliphatic carbocycles. The molecule has 2 fully saturated rings. The van der Waals surface area contributed by atoms with Crippen molar-refractivity contribution in [1.82, 2.24) is 19.3 Å². The molecule has 1 unspecified atom stereocenters. The zero-order valence-electron chi connectivity index (χ0n) is 11.2. The lowest BCUT2D eigenvalue weighted by atomic mass is 9.79. The maximum absolute atomic E-state index is 12.7. The van der Waals surface area contributed by atoms with Crippen molar-refractivity contribution in [2.75, 3.05) is 13.1 Å². The Labute approximate surface area is 126 Å². The summed E-state index contributed by atoms with van der Waals surface area (Å²) in [5.74, 6) is 0.818. The van der Waals surface area contributed by atoms with Crippen molar-refractivity contribution < 1.29 is 8.42 Å². The Morgan fingerprint density at radius 2 is 2.00 bits per heavy atom. The molecular weight excluding hydrogens is 346 g/mol. The molecule has 0 radical (unpaired) electrons. The van der Waals surface area contributed by atoms with Crippen molar-refractivity contribution in [2.24, 2.45) is 24.6 Å². The molecule has 0 aromatic carbocycles. The molecule has 20 heavy (non-hydrogen) atoms. The van der Waals surface area contributed by atoms with E-state index in [1.807, 2.05) is 0 Å². The van der Waals surface area contributed by atoms with Crippen LogP contribution < -0.4 is 5.73 Å². The topological polar surface area (TPSA) is 94.1 Å². The van der Waals surface area contributed by atoms with Crippen LogP contribution in [-0.2, 0) is 17.1 Å². The standard InChI is InChI=1S/C11H18BrN5O2S/c1-16-11(10(12)14-15-16)20(18,19)17-5-7-2-3-9(13)4-8(7)6-17/h7-9H,2-6,13H2,1H3/t7-,8+,9?/m1/s1. The molecule has 3 rings (SSSR count). The van der Waals surface area contributed by atoms with Gasteiger partial charge >= 0.3 is 0 Å². The minimum absolute atomic E-state index is 0.125. The van der Waals surface area contributed by atoms with Crippen LogP contribution in [0.1, 0.15) is 19.3 Å². The van der Waals surface area contributed by atoms with Crippen molar-refractivity contribution in [3.05, 3.63) is 4.60 Å². The number of halogens is 1. The number of nitrogens with zero attached hydrogens (tertiary/aromatic N) is 4. The van der Waals surface area contributed by atoms with Crippen LogP contribution >= 0.6 is 15.9 Å². The largest absolute Gasteiger partial charge is 0.328 e. The number of nitrogens with two attached hydrogens (primary N) is 1. The van der Waals surface area contributed by atoms with Crippen molar-refractivity contribution in [3.63, 3.8) is 0 Å². The van der Waals surface area contributed by atoms with Crippen LogP contribution in [0.5, 0.6) is 0 Å². The lowest BCUT2D eigenvalue weighted by Gasteiger charge is -2.28. The summed E-state index contributed by atoms with van der Waals surface area (Å²) in [5.41, 5.74) is 5.99. The van der Waals surface area contributed by atoms with Gasteiger partial charge in [0.2, 0.25) is 5.03 Å². The third kappa shape index (κ3) is 2.30. The fourth-order valence-electron chi connectivity index (χ4n) is 3.34. The Bertz CT molecular complexity index is 597. The van der Waals surface area contributed by atoms with Gasteiger partial charge in [-0.05, 0) is 47.0 Å². The highest BCUT2D eigenvalue weighted by atomic mass is 79.9. The van der Waals surface area contributed by atoms with Gasteiger partial charge in [0.25, 0.3) is 10.0 Å². The SMILES string of the molecule is Cn1nnc(Br)c1S(=O)(=O)N1C[C@H]2CCC(N)C[C@H]2C1. The van der Waals surface area contributed by atoms with Crippen LogP contribution in [0, 0.1) is 11.8 Å². The molecule has 1 aromatic rings. The molecular formula is C11H18BrN5O2S. The number of sulfonamides is 1. The zero-order chi connectivity index (χ0) is 14.5. The van der Waals surface area contributed by atoms with Crippen LogP contribution in [0.15, 0.2) is 9.63 Å². The summed E-state index contributed by atoms with van der Waals surface area (Å²) in [5, 5.41) is 7.64. The van der Waals surface area contributed by atoms with E-state index >= 15 is 0 Å². The first kappa shape index (κ1) is 14.4. The quantitative estimate of drug-likeness (QED) is 0.816. The van der Waals surface area contributed by atoms with Gasteiger partial charge in [-0.25, -0.2) is 13.1 Å². The van der Waals surface area contributed by atoms with Gasteiger partial charge in [-0.15, -0.1) is 5.10 Å². The van der Waals surface area contributed by atoms with Gasteiger partial charge in [-0.3, -0.25) is 0 Å². The van der Waals surface area contributed by atoms with E-state index in [0.717, 1.165) is 19.3 Å². The minimum atomic E-state index is -3.55. The second-order valence-corrected chi connectivity index (χ2v) is 8.33. The van der Waals surface area contributed by atoms with Crippen LogP contribution in [0.25, 0.3) is 0 Å². The molecule has 3 atom stereocenters. The second kappa shape index (κ2) is 5.04. The molecule has 0 amide bonds. The predicted octanol–water partition coefficient (Wildman–Crippen LogP) is 0.325. The first-order valence-electron chi connectivity index (χ1n) is 6.70. The summed E-state index contributed by atoms with van der Waals surface area (Å²) in [6, 6.07) is 0.212. The first-order valence-corrected chi connectivity index (χ1v) is 8.94. The summed E-state index contributed by atoms with van der Waals surface area (Å²) in [4.78, 5) is 0. The van der Waals surface area contributed by atoms with Crippen LogP contribution in [-0.4, -0.2) is 46.8 Å².